The van der Waals surface area contributed by atoms with Gasteiger partial charge in [0.15, 0.2) is 5.82 Å². The molecule has 36 heavy (non-hydrogen) atoms. The number of carbonyl (C=O) groups excluding carboxylic acids is 2. The highest BCUT2D eigenvalue weighted by molar-refractivity contribution is 7.10. The number of nitrogens with zero attached hydrogens (tertiary/aromatic N) is 1. The molecule has 9 nitrogen and oxygen atoms in total. The predicted molar refractivity (Wildman–Crippen MR) is 126 cm³/mol. The molecule has 2 aromatic carbocycles. The number of anilines is 3. The van der Waals surface area contributed by atoms with E-state index in [4.69, 9.17) is 5.11 Å². The lowest BCUT2D eigenvalue weighted by Crippen LogP contribution is -2.30. The molecule has 0 aliphatic carbocycles. The maximum absolute atomic E-state index is 13.8. The normalized spacial score (nSPS) is 11.0. The first-order valence-corrected chi connectivity index (χ1v) is 11.0. The van der Waals surface area contributed by atoms with Crippen LogP contribution in [0.3, 0.4) is 0 Å². The van der Waals surface area contributed by atoms with E-state index in [0.717, 1.165) is 16.4 Å². The second kappa shape index (κ2) is 11.0. The number of carboxylic acids is 1. The Kier molecular flexibility index (Phi) is 8.09. The Labute approximate surface area is 205 Å². The molecule has 3 aromatic rings. The number of benzene rings is 2. The first-order chi connectivity index (χ1) is 16.9. The Morgan fingerprint density at radius 1 is 1.00 bits per heavy atom. The Morgan fingerprint density at radius 3 is 2.33 bits per heavy atom. The number of hydrogen-bond donors (Lipinski definition) is 5. The van der Waals surface area contributed by atoms with Gasteiger partial charge >= 0.3 is 24.2 Å². The summed E-state index contributed by atoms with van der Waals surface area (Å²) in [5.74, 6) is -1.76. The molecule has 0 fully saturated rings. The summed E-state index contributed by atoms with van der Waals surface area (Å²) in [5.41, 5.74) is -0.0608. The number of rotatable bonds is 7. The van der Waals surface area contributed by atoms with E-state index in [0.29, 0.717) is 40.8 Å². The van der Waals surface area contributed by atoms with E-state index >= 15 is 0 Å². The van der Waals surface area contributed by atoms with Crippen LogP contribution in [0.2, 0.25) is 0 Å². The van der Waals surface area contributed by atoms with Crippen molar-refractivity contribution in [2.45, 2.75) is 19.5 Å². The van der Waals surface area contributed by atoms with Crippen LogP contribution in [-0.2, 0) is 11.0 Å². The van der Waals surface area contributed by atoms with Crippen molar-refractivity contribution in [1.82, 2.24) is 9.69 Å². The van der Waals surface area contributed by atoms with Gasteiger partial charge in [0.1, 0.15) is 5.82 Å². The van der Waals surface area contributed by atoms with Crippen molar-refractivity contribution < 1.29 is 37.1 Å². The molecular weight excluding hydrogens is 506 g/mol. The summed E-state index contributed by atoms with van der Waals surface area (Å²) in [7, 11) is 0. The van der Waals surface area contributed by atoms with Gasteiger partial charge in [0, 0.05) is 17.8 Å². The zero-order valence-electron chi connectivity index (χ0n) is 18.5. The van der Waals surface area contributed by atoms with Crippen LogP contribution in [0.25, 0.3) is 10.4 Å². The molecule has 0 radical (unpaired) electrons. The molecule has 0 saturated carbocycles. The Balaban J connectivity index is 1.62. The van der Waals surface area contributed by atoms with Crippen LogP contribution < -0.4 is 21.3 Å². The minimum Gasteiger partial charge on any atom is -0.481 e. The Bertz CT molecular complexity index is 1280. The van der Waals surface area contributed by atoms with E-state index in [1.807, 2.05) is 0 Å². The van der Waals surface area contributed by atoms with Gasteiger partial charge in [0.05, 0.1) is 22.5 Å². The zero-order valence-corrected chi connectivity index (χ0v) is 19.3. The van der Waals surface area contributed by atoms with Crippen molar-refractivity contribution in [1.29, 1.82) is 0 Å². The van der Waals surface area contributed by atoms with Crippen molar-refractivity contribution in [3.63, 3.8) is 0 Å². The second-order valence-electron chi connectivity index (χ2n) is 7.36. The topological polar surface area (TPSA) is 132 Å². The van der Waals surface area contributed by atoms with Gasteiger partial charge in [0.25, 0.3) is 0 Å². The van der Waals surface area contributed by atoms with E-state index in [1.165, 1.54) is 12.1 Å². The van der Waals surface area contributed by atoms with Gasteiger partial charge in [0.2, 0.25) is 0 Å². The summed E-state index contributed by atoms with van der Waals surface area (Å²) >= 11 is 1.11. The van der Waals surface area contributed by atoms with E-state index in [2.05, 4.69) is 25.6 Å². The highest BCUT2D eigenvalue weighted by Gasteiger charge is 2.31. The van der Waals surface area contributed by atoms with Crippen LogP contribution in [0.5, 0.6) is 0 Å². The molecule has 4 amide bonds. The number of halogens is 4. The number of amides is 4. The third-order valence-corrected chi connectivity index (χ3v) is 5.73. The summed E-state index contributed by atoms with van der Waals surface area (Å²) in [6.07, 6.45) is -4.91. The van der Waals surface area contributed by atoms with Gasteiger partial charge in [-0.15, -0.1) is 0 Å². The number of carboxylic acid groups (broad SMARTS) is 1. The first-order valence-electron chi connectivity index (χ1n) is 10.2. The summed E-state index contributed by atoms with van der Waals surface area (Å²) in [6, 6.07) is 6.52. The van der Waals surface area contributed by atoms with E-state index in [-0.39, 0.29) is 13.0 Å². The molecule has 14 heteroatoms. The van der Waals surface area contributed by atoms with Gasteiger partial charge in [-0.1, -0.05) is 12.1 Å². The SMILES string of the molecule is Cc1c(NC(=O)NCCC(=O)O)nsc1-c1ccc(NC(=O)Nc2cc(C(F)(F)F)ccc2F)cc1. The fraction of sp³-hybridized carbons (Fsp3) is 0.182. The van der Waals surface area contributed by atoms with Crippen molar-refractivity contribution in [3.05, 3.63) is 59.4 Å². The van der Waals surface area contributed by atoms with Crippen molar-refractivity contribution >= 4 is 46.8 Å². The third kappa shape index (κ3) is 6.91. The summed E-state index contributed by atoms with van der Waals surface area (Å²) in [5, 5.41) is 18.0. The lowest BCUT2D eigenvalue weighted by atomic mass is 10.1. The summed E-state index contributed by atoms with van der Waals surface area (Å²) < 4.78 is 56.5. The third-order valence-electron chi connectivity index (χ3n) is 4.73. The van der Waals surface area contributed by atoms with E-state index in [9.17, 15) is 31.9 Å². The maximum Gasteiger partial charge on any atom is 0.416 e. The number of aromatic nitrogens is 1. The summed E-state index contributed by atoms with van der Waals surface area (Å²) in [4.78, 5) is 35.3. The summed E-state index contributed by atoms with van der Waals surface area (Å²) in [6.45, 7) is 1.69. The highest BCUT2D eigenvalue weighted by atomic mass is 32.1. The Morgan fingerprint density at radius 2 is 1.69 bits per heavy atom. The molecule has 1 heterocycles. The standard InChI is InChI=1S/C22H19F4N5O4S/c1-11-18(36-31-19(11)30-20(34)27-9-8-17(32)33)12-2-5-14(6-3-12)28-21(35)29-16-10-13(22(24,25)26)4-7-15(16)23/h2-7,10H,8-9H2,1H3,(H,32,33)(H2,28,29,35)(H2,27,30,31,34). The number of nitrogens with one attached hydrogen (secondary N) is 4. The smallest absolute Gasteiger partial charge is 0.416 e. The molecule has 0 bridgehead atoms. The van der Waals surface area contributed by atoms with Crippen molar-refractivity contribution in [2.75, 3.05) is 22.5 Å². The molecular formula is C22H19F4N5O4S. The van der Waals surface area contributed by atoms with E-state index < -0.39 is 41.3 Å². The molecule has 0 atom stereocenters. The fourth-order valence-corrected chi connectivity index (χ4v) is 3.78. The quantitative estimate of drug-likeness (QED) is 0.259. The first kappa shape index (κ1) is 26.4. The lowest BCUT2D eigenvalue weighted by molar-refractivity contribution is -0.138. The zero-order chi connectivity index (χ0) is 26.5. The van der Waals surface area contributed by atoms with Crippen LogP contribution in [0.15, 0.2) is 42.5 Å². The fourth-order valence-electron chi connectivity index (χ4n) is 2.94. The van der Waals surface area contributed by atoms with Crippen LogP contribution in [0, 0.1) is 12.7 Å². The molecule has 0 aliphatic heterocycles. The second-order valence-corrected chi connectivity index (χ2v) is 8.13. The highest BCUT2D eigenvalue weighted by Crippen LogP contribution is 2.34. The molecule has 0 saturated heterocycles. The number of alkyl halides is 3. The molecule has 0 unspecified atom stereocenters. The number of aliphatic carboxylic acids is 1. The maximum atomic E-state index is 13.8. The number of carbonyl (C=O) groups is 3. The van der Waals surface area contributed by atoms with Gasteiger partial charge in [-0.25, -0.2) is 14.0 Å². The molecule has 0 aliphatic rings. The Hall–Kier alpha value is -4.20. The van der Waals surface area contributed by atoms with Crippen LogP contribution in [-0.4, -0.2) is 34.1 Å². The average molecular weight is 525 g/mol. The minimum absolute atomic E-state index is 0.0420. The van der Waals surface area contributed by atoms with Crippen LogP contribution >= 0.6 is 11.5 Å². The van der Waals surface area contributed by atoms with Gasteiger partial charge in [-0.2, -0.15) is 17.5 Å². The van der Waals surface area contributed by atoms with Crippen molar-refractivity contribution in [3.8, 4) is 10.4 Å². The largest absolute Gasteiger partial charge is 0.481 e. The average Bonchev–Trinajstić information content (AvgIpc) is 3.14. The van der Waals surface area contributed by atoms with Crippen LogP contribution in [0.4, 0.5) is 44.3 Å². The molecule has 3 rings (SSSR count). The van der Waals surface area contributed by atoms with Gasteiger partial charge in [-0.3, -0.25) is 10.1 Å². The lowest BCUT2D eigenvalue weighted by Gasteiger charge is -2.12. The van der Waals surface area contributed by atoms with E-state index in [1.54, 1.807) is 19.1 Å². The predicted octanol–water partition coefficient (Wildman–Crippen LogP) is 5.52. The number of urea groups is 2. The molecule has 190 valence electrons. The minimum atomic E-state index is -4.69. The van der Waals surface area contributed by atoms with Gasteiger partial charge in [-0.05, 0) is 54.4 Å². The number of hydrogen-bond acceptors (Lipinski definition) is 5. The molecule has 0 spiro atoms. The van der Waals surface area contributed by atoms with Gasteiger partial charge < -0.3 is 21.1 Å². The monoisotopic (exact) mass is 525 g/mol. The molecule has 5 N–H and O–H groups in total. The molecule has 1 aromatic heterocycles. The van der Waals surface area contributed by atoms with Crippen LogP contribution in [0.1, 0.15) is 17.5 Å². The van der Waals surface area contributed by atoms with Crippen molar-refractivity contribution in [2.24, 2.45) is 0 Å².